The topological polar surface area (TPSA) is 86.4 Å². The number of benzene rings is 1. The molecule has 0 spiro atoms. The van der Waals surface area contributed by atoms with Crippen molar-refractivity contribution < 1.29 is 9.59 Å². The van der Waals surface area contributed by atoms with Gasteiger partial charge in [0.15, 0.2) is 0 Å². The molecule has 7 heteroatoms. The van der Waals surface area contributed by atoms with E-state index in [1.807, 2.05) is 17.9 Å². The van der Waals surface area contributed by atoms with Gasteiger partial charge in [0.25, 0.3) is 5.56 Å². The highest BCUT2D eigenvalue weighted by Gasteiger charge is 2.16. The van der Waals surface area contributed by atoms with Crippen LogP contribution in [0.5, 0.6) is 0 Å². The van der Waals surface area contributed by atoms with Crippen LogP contribution in [0.3, 0.4) is 0 Å². The van der Waals surface area contributed by atoms with Crippen molar-refractivity contribution in [3.63, 3.8) is 0 Å². The van der Waals surface area contributed by atoms with Crippen LogP contribution >= 0.6 is 0 Å². The van der Waals surface area contributed by atoms with Gasteiger partial charge in [-0.25, -0.2) is 4.98 Å². The van der Waals surface area contributed by atoms with Crippen LogP contribution in [-0.4, -0.2) is 51.2 Å². The van der Waals surface area contributed by atoms with Crippen LogP contribution in [0, 0.1) is 0 Å². The van der Waals surface area contributed by atoms with Crippen molar-refractivity contribution >= 4 is 22.7 Å². The number of para-hydroxylation sites is 1. The van der Waals surface area contributed by atoms with Gasteiger partial charge < -0.3 is 14.8 Å². The largest absolute Gasteiger partial charge is 0.343 e. The molecule has 0 aliphatic carbocycles. The van der Waals surface area contributed by atoms with Gasteiger partial charge in [-0.05, 0) is 38.3 Å². The predicted molar refractivity (Wildman–Crippen MR) is 114 cm³/mol. The van der Waals surface area contributed by atoms with Crippen LogP contribution in [0.4, 0.5) is 0 Å². The van der Waals surface area contributed by atoms with Crippen LogP contribution in [0.25, 0.3) is 10.9 Å². The maximum Gasteiger partial charge on any atom is 0.258 e. The summed E-state index contributed by atoms with van der Waals surface area (Å²) in [6, 6.07) is 7.14. The molecule has 0 radical (unpaired) electrons. The molecule has 7 nitrogen and oxygen atoms in total. The number of carbonyl (C=O) groups excluding carboxylic acids is 2. The zero-order chi connectivity index (χ0) is 21.2. The van der Waals surface area contributed by atoms with Crippen molar-refractivity contribution in [2.45, 2.75) is 59.4 Å². The highest BCUT2D eigenvalue weighted by Crippen LogP contribution is 2.10. The van der Waals surface area contributed by atoms with Crippen LogP contribution in [-0.2, 0) is 16.1 Å². The number of amides is 2. The van der Waals surface area contributed by atoms with Gasteiger partial charge in [0.05, 0.1) is 17.4 Å². The van der Waals surface area contributed by atoms with E-state index in [2.05, 4.69) is 23.8 Å². The number of hydrogen-bond donors (Lipinski definition) is 1. The zero-order valence-corrected chi connectivity index (χ0v) is 17.7. The Morgan fingerprint density at radius 3 is 2.21 bits per heavy atom. The Labute approximate surface area is 172 Å². The summed E-state index contributed by atoms with van der Waals surface area (Å²) in [5, 5.41) is 0.535. The van der Waals surface area contributed by atoms with Crippen molar-refractivity contribution in [2.24, 2.45) is 0 Å². The van der Waals surface area contributed by atoms with Crippen molar-refractivity contribution in [3.05, 3.63) is 40.4 Å². The second-order valence-corrected chi connectivity index (χ2v) is 7.17. The molecular weight excluding hydrogens is 368 g/mol. The molecule has 0 bridgehead atoms. The molecule has 29 heavy (non-hydrogen) atoms. The number of aromatic nitrogens is 2. The van der Waals surface area contributed by atoms with Crippen LogP contribution < -0.4 is 5.56 Å². The SMILES string of the molecule is CCCN(CCC)C(=O)CCCC(=O)N(CC)Cc1nc2ccccc2c(=O)[nH]1. The van der Waals surface area contributed by atoms with Gasteiger partial charge in [0.2, 0.25) is 11.8 Å². The highest BCUT2D eigenvalue weighted by atomic mass is 16.2. The summed E-state index contributed by atoms with van der Waals surface area (Å²) in [6.07, 6.45) is 3.09. The van der Waals surface area contributed by atoms with Crippen molar-refractivity contribution in [3.8, 4) is 0 Å². The Morgan fingerprint density at radius 2 is 1.59 bits per heavy atom. The van der Waals surface area contributed by atoms with E-state index in [-0.39, 0.29) is 23.9 Å². The molecular formula is C22H32N4O3. The molecule has 0 fully saturated rings. The third kappa shape index (κ3) is 6.41. The molecule has 2 rings (SSSR count). The monoisotopic (exact) mass is 400 g/mol. The predicted octanol–water partition coefficient (Wildman–Crippen LogP) is 3.09. The van der Waals surface area contributed by atoms with Gasteiger partial charge in [0, 0.05) is 32.5 Å². The maximum atomic E-state index is 12.6. The van der Waals surface area contributed by atoms with Crippen LogP contribution in [0.1, 0.15) is 58.7 Å². The Morgan fingerprint density at radius 1 is 0.966 bits per heavy atom. The first-order valence-electron chi connectivity index (χ1n) is 10.5. The molecule has 2 amide bonds. The lowest BCUT2D eigenvalue weighted by Crippen LogP contribution is -2.33. The van der Waals surface area contributed by atoms with Gasteiger partial charge >= 0.3 is 0 Å². The standard InChI is InChI=1S/C22H32N4O3/c1-4-14-26(15-5-2)21(28)13-9-12-20(27)25(6-3)16-19-23-18-11-8-7-10-17(18)22(29)24-19/h7-8,10-11H,4-6,9,12-16H2,1-3H3,(H,23,24,29). The lowest BCUT2D eigenvalue weighted by Gasteiger charge is -2.22. The van der Waals surface area contributed by atoms with Gasteiger partial charge in [-0.15, -0.1) is 0 Å². The summed E-state index contributed by atoms with van der Waals surface area (Å²) in [5.74, 6) is 0.552. The summed E-state index contributed by atoms with van der Waals surface area (Å²) in [5.41, 5.74) is 0.416. The summed E-state index contributed by atoms with van der Waals surface area (Å²) >= 11 is 0. The third-order valence-electron chi connectivity index (χ3n) is 4.86. The van der Waals surface area contributed by atoms with Gasteiger partial charge in [0.1, 0.15) is 5.82 Å². The lowest BCUT2D eigenvalue weighted by molar-refractivity contribution is -0.133. The highest BCUT2D eigenvalue weighted by molar-refractivity contribution is 5.79. The minimum absolute atomic E-state index is 0.0337. The molecule has 1 aromatic carbocycles. The maximum absolute atomic E-state index is 12.6. The molecule has 0 unspecified atom stereocenters. The van der Waals surface area contributed by atoms with Crippen LogP contribution in [0.2, 0.25) is 0 Å². The van der Waals surface area contributed by atoms with Crippen molar-refractivity contribution in [1.29, 1.82) is 0 Å². The van der Waals surface area contributed by atoms with Gasteiger partial charge in [-0.2, -0.15) is 0 Å². The number of hydrogen-bond acceptors (Lipinski definition) is 4. The third-order valence-corrected chi connectivity index (χ3v) is 4.86. The van der Waals surface area contributed by atoms with E-state index in [1.165, 1.54) is 0 Å². The molecule has 1 heterocycles. The molecule has 0 aliphatic rings. The molecule has 1 aromatic heterocycles. The minimum Gasteiger partial charge on any atom is -0.343 e. The average Bonchev–Trinajstić information content (AvgIpc) is 2.71. The second kappa shape index (κ2) is 11.3. The van der Waals surface area contributed by atoms with Crippen molar-refractivity contribution in [1.82, 2.24) is 19.8 Å². The molecule has 2 aromatic rings. The quantitative estimate of drug-likeness (QED) is 0.628. The van der Waals surface area contributed by atoms with Gasteiger partial charge in [-0.3, -0.25) is 14.4 Å². The van der Waals surface area contributed by atoms with E-state index in [0.717, 1.165) is 25.9 Å². The summed E-state index contributed by atoms with van der Waals surface area (Å²) in [6.45, 7) is 8.31. The Kier molecular flexibility index (Phi) is 8.83. The summed E-state index contributed by atoms with van der Waals surface area (Å²) < 4.78 is 0. The number of nitrogens with one attached hydrogen (secondary N) is 1. The molecule has 1 N–H and O–H groups in total. The zero-order valence-electron chi connectivity index (χ0n) is 17.7. The fourth-order valence-electron chi connectivity index (χ4n) is 3.37. The number of H-pyrrole nitrogens is 1. The Balaban J connectivity index is 1.93. The number of carbonyl (C=O) groups is 2. The summed E-state index contributed by atoms with van der Waals surface area (Å²) in [4.78, 5) is 48.0. The fraction of sp³-hybridized carbons (Fsp3) is 0.545. The fourth-order valence-corrected chi connectivity index (χ4v) is 3.37. The number of aromatic amines is 1. The van der Waals surface area contributed by atoms with E-state index in [4.69, 9.17) is 0 Å². The number of nitrogens with zero attached hydrogens (tertiary/aromatic N) is 3. The van der Waals surface area contributed by atoms with E-state index in [1.54, 1.807) is 23.1 Å². The summed E-state index contributed by atoms with van der Waals surface area (Å²) in [7, 11) is 0. The molecule has 158 valence electrons. The first-order chi connectivity index (χ1) is 14.0. The molecule has 0 aliphatic heterocycles. The van der Waals surface area contributed by atoms with Crippen LogP contribution in [0.15, 0.2) is 29.1 Å². The first kappa shape index (κ1) is 22.6. The molecule has 0 saturated carbocycles. The van der Waals surface area contributed by atoms with Crippen molar-refractivity contribution in [2.75, 3.05) is 19.6 Å². The van der Waals surface area contributed by atoms with E-state index in [9.17, 15) is 14.4 Å². The van der Waals surface area contributed by atoms with Gasteiger partial charge in [-0.1, -0.05) is 26.0 Å². The van der Waals surface area contributed by atoms with E-state index < -0.39 is 0 Å². The molecule has 0 saturated heterocycles. The Hall–Kier alpha value is -2.70. The Bertz CT molecular complexity index is 872. The minimum atomic E-state index is -0.202. The lowest BCUT2D eigenvalue weighted by atomic mass is 10.2. The van der Waals surface area contributed by atoms with E-state index in [0.29, 0.717) is 42.5 Å². The normalized spacial score (nSPS) is 10.9. The number of fused-ring (bicyclic) bond motifs is 1. The average molecular weight is 401 g/mol. The first-order valence-corrected chi connectivity index (χ1v) is 10.5. The second-order valence-electron chi connectivity index (χ2n) is 7.17. The smallest absolute Gasteiger partial charge is 0.258 e. The molecule has 0 atom stereocenters. The van der Waals surface area contributed by atoms with E-state index >= 15 is 0 Å². The number of rotatable bonds is 11.